The fourth-order valence-electron chi connectivity index (χ4n) is 3.60. The third-order valence-corrected chi connectivity index (χ3v) is 5.88. The van der Waals surface area contributed by atoms with Gasteiger partial charge in [0, 0.05) is 29.5 Å². The summed E-state index contributed by atoms with van der Waals surface area (Å²) in [4.78, 5) is 4.15. The van der Waals surface area contributed by atoms with Crippen LogP contribution in [-0.2, 0) is 6.54 Å². The maximum atomic E-state index is 3.80. The average molecular weight is 264 g/mol. The zero-order valence-corrected chi connectivity index (χ0v) is 12.3. The topological polar surface area (TPSA) is 15.3 Å². The third kappa shape index (κ3) is 2.49. The lowest BCUT2D eigenvalue weighted by Crippen LogP contribution is -2.54. The summed E-state index contributed by atoms with van der Waals surface area (Å²) in [6.07, 6.45) is 6.94. The Hall–Kier alpha value is -0.380. The van der Waals surface area contributed by atoms with Gasteiger partial charge in [-0.05, 0) is 56.7 Å². The van der Waals surface area contributed by atoms with Crippen molar-refractivity contribution in [3.63, 3.8) is 0 Å². The summed E-state index contributed by atoms with van der Waals surface area (Å²) in [5.74, 6) is 0. The Morgan fingerprint density at radius 3 is 2.67 bits per heavy atom. The van der Waals surface area contributed by atoms with Crippen molar-refractivity contribution in [2.45, 2.75) is 63.7 Å². The molecule has 2 aliphatic rings. The minimum absolute atomic E-state index is 0.734. The lowest BCUT2D eigenvalue weighted by Gasteiger charge is -2.47. The van der Waals surface area contributed by atoms with Gasteiger partial charge in [0.15, 0.2) is 0 Å². The number of nitrogens with one attached hydrogen (secondary N) is 1. The van der Waals surface area contributed by atoms with Gasteiger partial charge in [-0.2, -0.15) is 0 Å². The lowest BCUT2D eigenvalue weighted by atomic mass is 9.82. The Labute approximate surface area is 114 Å². The minimum Gasteiger partial charge on any atom is -0.309 e. The van der Waals surface area contributed by atoms with E-state index in [-0.39, 0.29) is 0 Å². The zero-order chi connectivity index (χ0) is 12.5. The van der Waals surface area contributed by atoms with Crippen LogP contribution in [0.2, 0.25) is 0 Å². The van der Waals surface area contributed by atoms with E-state index in [9.17, 15) is 0 Å². The molecule has 2 unspecified atom stereocenters. The molecule has 2 saturated heterocycles. The van der Waals surface area contributed by atoms with E-state index < -0.39 is 0 Å². The van der Waals surface area contributed by atoms with Crippen LogP contribution in [0, 0.1) is 6.92 Å². The van der Waals surface area contributed by atoms with Crippen LogP contribution in [0.3, 0.4) is 0 Å². The van der Waals surface area contributed by atoms with Gasteiger partial charge in [0.05, 0.1) is 0 Å². The first-order valence-corrected chi connectivity index (χ1v) is 8.10. The summed E-state index contributed by atoms with van der Waals surface area (Å²) in [6.45, 7) is 3.29. The van der Waals surface area contributed by atoms with Crippen molar-refractivity contribution in [1.29, 1.82) is 0 Å². The Bertz CT molecular complexity index is 387. The smallest absolute Gasteiger partial charge is 0.0304 e. The van der Waals surface area contributed by atoms with Crippen molar-refractivity contribution in [3.05, 3.63) is 21.9 Å². The summed E-state index contributed by atoms with van der Waals surface area (Å²) in [5, 5.41) is 6.00. The predicted octanol–water partition coefficient (Wildman–Crippen LogP) is 3.16. The molecular weight excluding hydrogens is 240 g/mol. The van der Waals surface area contributed by atoms with Crippen molar-refractivity contribution in [2.75, 3.05) is 7.05 Å². The van der Waals surface area contributed by atoms with Gasteiger partial charge in [0.25, 0.3) is 0 Å². The molecule has 1 aromatic heterocycles. The van der Waals surface area contributed by atoms with Crippen molar-refractivity contribution >= 4 is 11.3 Å². The van der Waals surface area contributed by atoms with E-state index in [0.717, 1.165) is 24.7 Å². The van der Waals surface area contributed by atoms with E-state index in [1.807, 2.05) is 11.3 Å². The molecule has 1 N–H and O–H groups in total. The molecule has 1 aromatic rings. The number of nitrogens with zero attached hydrogens (tertiary/aromatic N) is 1. The average Bonchev–Trinajstić information content (AvgIpc) is 2.73. The quantitative estimate of drug-likeness (QED) is 0.902. The molecule has 0 aromatic carbocycles. The number of piperidine rings is 2. The van der Waals surface area contributed by atoms with Crippen LogP contribution >= 0.6 is 11.3 Å². The highest BCUT2D eigenvalue weighted by atomic mass is 32.1. The Morgan fingerprint density at radius 1 is 1.33 bits per heavy atom. The molecule has 100 valence electrons. The monoisotopic (exact) mass is 264 g/mol. The second-order valence-corrected chi connectivity index (χ2v) is 6.98. The fourth-order valence-corrected chi connectivity index (χ4v) is 4.46. The van der Waals surface area contributed by atoms with Crippen LogP contribution in [0.5, 0.6) is 0 Å². The van der Waals surface area contributed by atoms with Crippen LogP contribution in [-0.4, -0.2) is 30.1 Å². The SMILES string of the molecule is Cc1ccsc1CNC1CC2CCCC(C1)N2C. The molecule has 0 amide bonds. The van der Waals surface area contributed by atoms with Gasteiger partial charge >= 0.3 is 0 Å². The molecule has 3 rings (SSSR count). The van der Waals surface area contributed by atoms with Gasteiger partial charge in [0.1, 0.15) is 0 Å². The highest BCUT2D eigenvalue weighted by Crippen LogP contribution is 2.32. The normalized spacial score (nSPS) is 32.7. The lowest BCUT2D eigenvalue weighted by molar-refractivity contribution is 0.0483. The van der Waals surface area contributed by atoms with Crippen molar-refractivity contribution in [1.82, 2.24) is 10.2 Å². The first-order chi connectivity index (χ1) is 8.74. The van der Waals surface area contributed by atoms with Gasteiger partial charge < -0.3 is 10.2 Å². The van der Waals surface area contributed by atoms with Crippen LogP contribution in [0.1, 0.15) is 42.5 Å². The highest BCUT2D eigenvalue weighted by Gasteiger charge is 2.35. The number of fused-ring (bicyclic) bond motifs is 2. The summed E-state index contributed by atoms with van der Waals surface area (Å²) in [5.41, 5.74) is 1.45. The van der Waals surface area contributed by atoms with E-state index in [2.05, 4.69) is 35.6 Å². The van der Waals surface area contributed by atoms with Gasteiger partial charge in [-0.25, -0.2) is 0 Å². The molecule has 2 nitrogen and oxygen atoms in total. The molecule has 0 aliphatic carbocycles. The first-order valence-electron chi connectivity index (χ1n) is 7.22. The fraction of sp³-hybridized carbons (Fsp3) is 0.733. The van der Waals surface area contributed by atoms with E-state index in [0.29, 0.717) is 0 Å². The maximum absolute atomic E-state index is 3.80. The molecule has 2 bridgehead atoms. The summed E-state index contributed by atoms with van der Waals surface area (Å²) >= 11 is 1.89. The maximum Gasteiger partial charge on any atom is 0.0304 e. The number of hydrogen-bond donors (Lipinski definition) is 1. The predicted molar refractivity (Wildman–Crippen MR) is 78.1 cm³/mol. The van der Waals surface area contributed by atoms with Crippen molar-refractivity contribution in [3.8, 4) is 0 Å². The standard InChI is InChI=1S/C15H24N2S/c1-11-6-7-18-15(11)10-16-12-8-13-4-3-5-14(9-12)17(13)2/h6-7,12-14,16H,3-5,8-10H2,1-2H3. The zero-order valence-electron chi connectivity index (χ0n) is 11.5. The molecule has 2 atom stereocenters. The molecule has 0 radical (unpaired) electrons. The number of hydrogen-bond acceptors (Lipinski definition) is 3. The number of thiophene rings is 1. The van der Waals surface area contributed by atoms with Crippen LogP contribution in [0.4, 0.5) is 0 Å². The first kappa shape index (κ1) is 12.6. The van der Waals surface area contributed by atoms with Crippen LogP contribution in [0.15, 0.2) is 11.4 Å². The summed E-state index contributed by atoms with van der Waals surface area (Å²) in [6, 6.07) is 4.63. The number of rotatable bonds is 3. The minimum atomic E-state index is 0.734. The van der Waals surface area contributed by atoms with Gasteiger partial charge in [-0.1, -0.05) is 6.42 Å². The van der Waals surface area contributed by atoms with Gasteiger partial charge in [0.2, 0.25) is 0 Å². The van der Waals surface area contributed by atoms with Gasteiger partial charge in [-0.15, -0.1) is 11.3 Å². The summed E-state index contributed by atoms with van der Waals surface area (Å²) in [7, 11) is 2.33. The second-order valence-electron chi connectivity index (χ2n) is 5.98. The van der Waals surface area contributed by atoms with Crippen LogP contribution in [0.25, 0.3) is 0 Å². The molecular formula is C15H24N2S. The third-order valence-electron chi connectivity index (χ3n) is 4.86. The molecule has 0 saturated carbocycles. The van der Waals surface area contributed by atoms with Crippen LogP contribution < -0.4 is 5.32 Å². The largest absolute Gasteiger partial charge is 0.309 e. The number of aryl methyl sites for hydroxylation is 1. The molecule has 18 heavy (non-hydrogen) atoms. The molecule has 2 aliphatic heterocycles. The second kappa shape index (κ2) is 5.32. The Morgan fingerprint density at radius 2 is 2.06 bits per heavy atom. The molecule has 3 heterocycles. The summed E-state index contributed by atoms with van der Waals surface area (Å²) < 4.78 is 0. The van der Waals surface area contributed by atoms with Crippen molar-refractivity contribution in [2.24, 2.45) is 0 Å². The van der Waals surface area contributed by atoms with E-state index in [4.69, 9.17) is 0 Å². The molecule has 0 spiro atoms. The molecule has 3 heteroatoms. The van der Waals surface area contributed by atoms with E-state index in [1.54, 1.807) is 0 Å². The Kier molecular flexibility index (Phi) is 3.73. The van der Waals surface area contributed by atoms with E-state index >= 15 is 0 Å². The van der Waals surface area contributed by atoms with Crippen molar-refractivity contribution < 1.29 is 0 Å². The highest BCUT2D eigenvalue weighted by molar-refractivity contribution is 7.10. The van der Waals surface area contributed by atoms with E-state index in [1.165, 1.54) is 42.5 Å². The van der Waals surface area contributed by atoms with Gasteiger partial charge in [-0.3, -0.25) is 0 Å². The Balaban J connectivity index is 1.57. The molecule has 2 fully saturated rings.